The lowest BCUT2D eigenvalue weighted by Crippen LogP contribution is -2.29. The van der Waals surface area contributed by atoms with Crippen molar-refractivity contribution in [2.24, 2.45) is 0 Å². The molecule has 1 fully saturated rings. The Balaban J connectivity index is 1.87. The summed E-state index contributed by atoms with van der Waals surface area (Å²) in [5.41, 5.74) is 0. The lowest BCUT2D eigenvalue weighted by molar-refractivity contribution is -0.138. The molecule has 0 saturated heterocycles. The SMILES string of the molecule is COCCCC(Nc1nc(C2CC2)ns1)C(=O)O. The van der Waals surface area contributed by atoms with E-state index in [2.05, 4.69) is 14.7 Å². The molecule has 1 atom stereocenters. The zero-order valence-corrected chi connectivity index (χ0v) is 11.1. The van der Waals surface area contributed by atoms with Crippen molar-refractivity contribution >= 4 is 22.6 Å². The Bertz CT molecular complexity index is 406. The van der Waals surface area contributed by atoms with Crippen LogP contribution in [0, 0.1) is 0 Å². The van der Waals surface area contributed by atoms with Gasteiger partial charge in [-0.2, -0.15) is 4.37 Å². The van der Waals surface area contributed by atoms with Crippen molar-refractivity contribution in [1.29, 1.82) is 0 Å². The standard InChI is InChI=1S/C11H17N3O3S/c1-17-6-2-3-8(10(15)16)12-11-13-9(14-18-11)7-4-5-7/h7-8H,2-6H2,1H3,(H,15,16)(H,12,13,14). The van der Waals surface area contributed by atoms with E-state index in [1.54, 1.807) is 7.11 Å². The Labute approximate surface area is 110 Å². The van der Waals surface area contributed by atoms with Crippen LogP contribution in [0.3, 0.4) is 0 Å². The van der Waals surface area contributed by atoms with Crippen molar-refractivity contribution in [2.45, 2.75) is 37.6 Å². The van der Waals surface area contributed by atoms with Crippen LogP contribution in [-0.4, -0.2) is 40.2 Å². The highest BCUT2D eigenvalue weighted by Gasteiger charge is 2.28. The predicted molar refractivity (Wildman–Crippen MR) is 68.0 cm³/mol. The third-order valence-electron chi connectivity index (χ3n) is 2.82. The number of carboxylic acids is 1. The normalized spacial score (nSPS) is 16.5. The first-order valence-corrected chi connectivity index (χ1v) is 6.80. The number of nitrogens with one attached hydrogen (secondary N) is 1. The summed E-state index contributed by atoms with van der Waals surface area (Å²) >= 11 is 1.24. The summed E-state index contributed by atoms with van der Waals surface area (Å²) in [6, 6.07) is -0.625. The molecule has 6 nitrogen and oxygen atoms in total. The molecule has 18 heavy (non-hydrogen) atoms. The van der Waals surface area contributed by atoms with Crippen molar-refractivity contribution < 1.29 is 14.6 Å². The van der Waals surface area contributed by atoms with Gasteiger partial charge in [0.1, 0.15) is 11.9 Å². The van der Waals surface area contributed by atoms with Gasteiger partial charge in [-0.05, 0) is 25.7 Å². The maximum atomic E-state index is 11.1. The number of hydrogen-bond acceptors (Lipinski definition) is 6. The van der Waals surface area contributed by atoms with Crippen LogP contribution in [0.1, 0.15) is 37.4 Å². The Morgan fingerprint density at radius 3 is 3.06 bits per heavy atom. The molecule has 0 radical (unpaired) electrons. The summed E-state index contributed by atoms with van der Waals surface area (Å²) in [6.45, 7) is 0.564. The van der Waals surface area contributed by atoms with E-state index in [0.29, 0.717) is 30.5 Å². The molecule has 1 aliphatic rings. The highest BCUT2D eigenvalue weighted by molar-refractivity contribution is 7.09. The number of methoxy groups -OCH3 is 1. The quantitative estimate of drug-likeness (QED) is 0.700. The fourth-order valence-corrected chi connectivity index (χ4v) is 2.34. The van der Waals surface area contributed by atoms with Gasteiger partial charge in [0, 0.05) is 31.2 Å². The predicted octanol–water partition coefficient (Wildman–Crippen LogP) is 1.71. The van der Waals surface area contributed by atoms with Crippen LogP contribution in [0.5, 0.6) is 0 Å². The average molecular weight is 271 g/mol. The number of nitrogens with zero attached hydrogens (tertiary/aromatic N) is 2. The minimum Gasteiger partial charge on any atom is -0.480 e. The second kappa shape index (κ2) is 6.10. The monoisotopic (exact) mass is 271 g/mol. The molecular formula is C11H17N3O3S. The number of carboxylic acid groups (broad SMARTS) is 1. The Morgan fingerprint density at radius 1 is 1.67 bits per heavy atom. The smallest absolute Gasteiger partial charge is 0.326 e. The number of carbonyl (C=O) groups is 1. The van der Waals surface area contributed by atoms with Crippen LogP contribution in [0.15, 0.2) is 0 Å². The zero-order valence-electron chi connectivity index (χ0n) is 10.3. The summed E-state index contributed by atoms with van der Waals surface area (Å²) in [4.78, 5) is 15.4. The van der Waals surface area contributed by atoms with Crippen molar-refractivity contribution in [3.63, 3.8) is 0 Å². The summed E-state index contributed by atoms with van der Waals surface area (Å²) in [5, 5.41) is 12.6. The molecule has 1 aromatic rings. The van der Waals surface area contributed by atoms with E-state index in [9.17, 15) is 4.79 Å². The average Bonchev–Trinajstić information content (AvgIpc) is 3.09. The minimum absolute atomic E-state index is 0.494. The molecule has 100 valence electrons. The van der Waals surface area contributed by atoms with Gasteiger partial charge in [-0.25, -0.2) is 9.78 Å². The van der Waals surface area contributed by atoms with E-state index in [1.807, 2.05) is 0 Å². The van der Waals surface area contributed by atoms with Crippen molar-refractivity contribution in [3.05, 3.63) is 5.82 Å². The maximum absolute atomic E-state index is 11.1. The molecule has 7 heteroatoms. The van der Waals surface area contributed by atoms with E-state index in [-0.39, 0.29) is 0 Å². The van der Waals surface area contributed by atoms with Crippen molar-refractivity contribution in [1.82, 2.24) is 9.36 Å². The van der Waals surface area contributed by atoms with Crippen molar-refractivity contribution in [2.75, 3.05) is 19.0 Å². The lowest BCUT2D eigenvalue weighted by atomic mass is 10.1. The highest BCUT2D eigenvalue weighted by atomic mass is 32.1. The second-order valence-electron chi connectivity index (χ2n) is 4.40. The van der Waals surface area contributed by atoms with Crippen LogP contribution >= 0.6 is 11.5 Å². The fraction of sp³-hybridized carbons (Fsp3) is 0.727. The van der Waals surface area contributed by atoms with Gasteiger partial charge in [0.25, 0.3) is 0 Å². The molecule has 0 aromatic carbocycles. The van der Waals surface area contributed by atoms with Gasteiger partial charge in [-0.3, -0.25) is 0 Å². The van der Waals surface area contributed by atoms with E-state index in [0.717, 1.165) is 18.7 Å². The first kappa shape index (κ1) is 13.2. The van der Waals surface area contributed by atoms with Crippen LogP contribution in [0.2, 0.25) is 0 Å². The summed E-state index contributed by atoms with van der Waals surface area (Å²) < 4.78 is 9.16. The third kappa shape index (κ3) is 3.64. The number of rotatable bonds is 8. The van der Waals surface area contributed by atoms with Gasteiger partial charge >= 0.3 is 5.97 Å². The lowest BCUT2D eigenvalue weighted by Gasteiger charge is -2.12. The first-order chi connectivity index (χ1) is 8.70. The molecule has 2 rings (SSSR count). The molecule has 0 aliphatic heterocycles. The summed E-state index contributed by atoms with van der Waals surface area (Å²) in [6.07, 6.45) is 3.51. The van der Waals surface area contributed by atoms with Gasteiger partial charge in [-0.15, -0.1) is 0 Å². The Kier molecular flexibility index (Phi) is 4.48. The number of hydrogen-bond donors (Lipinski definition) is 2. The number of aliphatic carboxylic acids is 1. The number of anilines is 1. The fourth-order valence-electron chi connectivity index (χ4n) is 1.64. The van der Waals surface area contributed by atoms with Gasteiger partial charge in [0.15, 0.2) is 0 Å². The zero-order chi connectivity index (χ0) is 13.0. The molecule has 1 saturated carbocycles. The molecular weight excluding hydrogens is 254 g/mol. The third-order valence-corrected chi connectivity index (χ3v) is 3.48. The molecule has 1 aliphatic carbocycles. The van der Waals surface area contributed by atoms with Gasteiger partial charge in [0.05, 0.1) is 0 Å². The Morgan fingerprint density at radius 2 is 2.44 bits per heavy atom. The number of ether oxygens (including phenoxy) is 1. The first-order valence-electron chi connectivity index (χ1n) is 6.02. The van der Waals surface area contributed by atoms with Crippen LogP contribution in [0.25, 0.3) is 0 Å². The molecule has 2 N–H and O–H groups in total. The number of aromatic nitrogens is 2. The second-order valence-corrected chi connectivity index (χ2v) is 5.15. The largest absolute Gasteiger partial charge is 0.480 e. The molecule has 0 bridgehead atoms. The molecule has 1 aromatic heterocycles. The van der Waals surface area contributed by atoms with E-state index < -0.39 is 12.0 Å². The van der Waals surface area contributed by atoms with E-state index in [1.165, 1.54) is 11.5 Å². The summed E-state index contributed by atoms with van der Waals surface area (Å²) in [5.74, 6) is 0.478. The Hall–Kier alpha value is -1.21. The maximum Gasteiger partial charge on any atom is 0.326 e. The topological polar surface area (TPSA) is 84.3 Å². The molecule has 0 amide bonds. The van der Waals surface area contributed by atoms with E-state index in [4.69, 9.17) is 9.84 Å². The highest BCUT2D eigenvalue weighted by Crippen LogP contribution is 2.39. The van der Waals surface area contributed by atoms with Crippen LogP contribution < -0.4 is 5.32 Å². The van der Waals surface area contributed by atoms with Crippen LogP contribution in [0.4, 0.5) is 5.13 Å². The van der Waals surface area contributed by atoms with E-state index >= 15 is 0 Å². The van der Waals surface area contributed by atoms with Gasteiger partial charge in [-0.1, -0.05) is 0 Å². The summed E-state index contributed by atoms with van der Waals surface area (Å²) in [7, 11) is 1.61. The van der Waals surface area contributed by atoms with Crippen molar-refractivity contribution in [3.8, 4) is 0 Å². The minimum atomic E-state index is -0.866. The molecule has 1 unspecified atom stereocenters. The molecule has 0 spiro atoms. The molecule has 1 heterocycles. The van der Waals surface area contributed by atoms with Crippen LogP contribution in [-0.2, 0) is 9.53 Å². The van der Waals surface area contributed by atoms with Gasteiger partial charge < -0.3 is 15.2 Å². The van der Waals surface area contributed by atoms with Gasteiger partial charge in [0.2, 0.25) is 5.13 Å².